The fraction of sp³-hybridized carbons (Fsp3) is 0.346. The molecule has 2 aromatic carbocycles. The van der Waals surface area contributed by atoms with E-state index < -0.39 is 11.2 Å². The van der Waals surface area contributed by atoms with Gasteiger partial charge in [0.2, 0.25) is 0 Å². The van der Waals surface area contributed by atoms with Crippen LogP contribution in [0.4, 0.5) is 4.79 Å². The maximum atomic E-state index is 13.2. The summed E-state index contributed by atoms with van der Waals surface area (Å²) in [6.07, 6.45) is 0.644. The van der Waals surface area contributed by atoms with E-state index in [-0.39, 0.29) is 12.1 Å². The van der Waals surface area contributed by atoms with E-state index in [1.165, 1.54) is 11.1 Å². The van der Waals surface area contributed by atoms with Gasteiger partial charge in [-0.25, -0.2) is 4.79 Å². The summed E-state index contributed by atoms with van der Waals surface area (Å²) in [5, 5.41) is 14.7. The molecule has 0 saturated carbocycles. The lowest BCUT2D eigenvalue weighted by atomic mass is 9.80. The molecule has 0 bridgehead atoms. The zero-order valence-electron chi connectivity index (χ0n) is 18.2. The van der Waals surface area contributed by atoms with Crippen LogP contribution in [0.15, 0.2) is 71.4 Å². The number of aliphatic hydroxyl groups is 1. The summed E-state index contributed by atoms with van der Waals surface area (Å²) in [6, 6.07) is 20.2. The number of nitrogens with zero attached hydrogens (tertiary/aromatic N) is 1. The maximum absolute atomic E-state index is 13.2. The van der Waals surface area contributed by atoms with E-state index in [1.807, 2.05) is 37.3 Å². The molecule has 1 aromatic heterocycles. The normalized spacial score (nSPS) is 20.4. The van der Waals surface area contributed by atoms with Crippen molar-refractivity contribution in [3.8, 4) is 11.1 Å². The van der Waals surface area contributed by atoms with Gasteiger partial charge in [-0.05, 0) is 59.9 Å². The molecule has 1 amide bonds. The summed E-state index contributed by atoms with van der Waals surface area (Å²) in [4.78, 5) is 14.9. The lowest BCUT2D eigenvalue weighted by Gasteiger charge is -2.45. The molecule has 2 heterocycles. The molecular weight excluding hydrogens is 406 g/mol. The Morgan fingerprint density at radius 3 is 2.39 bits per heavy atom. The van der Waals surface area contributed by atoms with E-state index in [0.717, 1.165) is 11.1 Å². The van der Waals surface area contributed by atoms with Crippen LogP contribution < -0.4 is 0 Å². The van der Waals surface area contributed by atoms with E-state index in [2.05, 4.69) is 41.1 Å². The summed E-state index contributed by atoms with van der Waals surface area (Å²) < 4.78 is 6.10. The number of hydrogen-bond acceptors (Lipinski definition) is 4. The van der Waals surface area contributed by atoms with Crippen LogP contribution in [0.1, 0.15) is 50.8 Å². The molecule has 1 aliphatic rings. The number of carbonyl (C=O) groups excluding carboxylic acids is 1. The minimum absolute atomic E-state index is 0.0973. The quantitative estimate of drug-likeness (QED) is 0.489. The molecule has 1 fully saturated rings. The third-order valence-corrected chi connectivity index (χ3v) is 6.69. The van der Waals surface area contributed by atoms with Gasteiger partial charge in [-0.3, -0.25) is 0 Å². The molecule has 0 unspecified atom stereocenters. The molecule has 1 aliphatic heterocycles. The van der Waals surface area contributed by atoms with Crippen LogP contribution in [0.3, 0.4) is 0 Å². The molecule has 0 spiro atoms. The Labute approximate surface area is 188 Å². The highest BCUT2D eigenvalue weighted by Crippen LogP contribution is 2.42. The van der Waals surface area contributed by atoms with Crippen molar-refractivity contribution < 1.29 is 14.6 Å². The summed E-state index contributed by atoms with van der Waals surface area (Å²) in [5.41, 5.74) is 2.60. The van der Waals surface area contributed by atoms with Gasteiger partial charge in [0.1, 0.15) is 5.60 Å². The Morgan fingerprint density at radius 2 is 1.81 bits per heavy atom. The molecule has 162 valence electrons. The van der Waals surface area contributed by atoms with E-state index in [4.69, 9.17) is 4.74 Å². The van der Waals surface area contributed by atoms with Gasteiger partial charge in [0.25, 0.3) is 0 Å². The third-order valence-electron chi connectivity index (χ3n) is 6.01. The first-order valence-corrected chi connectivity index (χ1v) is 11.6. The largest absolute Gasteiger partial charge is 0.438 e. The second-order valence-corrected chi connectivity index (χ2v) is 9.75. The number of rotatable bonds is 6. The first kappa shape index (κ1) is 21.6. The van der Waals surface area contributed by atoms with Crippen LogP contribution in [0, 0.1) is 0 Å². The van der Waals surface area contributed by atoms with E-state index in [9.17, 15) is 9.90 Å². The molecule has 4 nitrogen and oxygen atoms in total. The fourth-order valence-corrected chi connectivity index (χ4v) is 5.12. The second-order valence-electron chi connectivity index (χ2n) is 8.97. The summed E-state index contributed by atoms with van der Waals surface area (Å²) in [5.74, 6) is 0. The highest BCUT2D eigenvalue weighted by atomic mass is 32.1. The molecule has 1 N–H and O–H groups in total. The van der Waals surface area contributed by atoms with Crippen LogP contribution in [0.5, 0.6) is 0 Å². The van der Waals surface area contributed by atoms with E-state index in [0.29, 0.717) is 19.4 Å². The van der Waals surface area contributed by atoms with Crippen molar-refractivity contribution in [3.63, 3.8) is 0 Å². The number of cyclic esters (lactones) is 1. The third kappa shape index (κ3) is 4.68. The van der Waals surface area contributed by atoms with Crippen LogP contribution in [0.2, 0.25) is 0 Å². The standard InChI is InChI=1S/C26H29NO3S/c1-19(20-9-11-21(12-10-20)22-13-16-31-17-22)27-15-14-26(30-24(27)28,18-25(2,3)29)23-7-5-4-6-8-23/h4-13,16-17,19,29H,14-15,18H2,1-3H3/t19-,26-/m0/s1. The molecule has 31 heavy (non-hydrogen) atoms. The number of ether oxygens (including phenoxy) is 1. The van der Waals surface area contributed by atoms with Crippen molar-refractivity contribution in [2.75, 3.05) is 6.54 Å². The number of thiophene rings is 1. The van der Waals surface area contributed by atoms with Gasteiger partial charge in [0.15, 0.2) is 0 Å². The lowest BCUT2D eigenvalue weighted by molar-refractivity contribution is -0.101. The summed E-state index contributed by atoms with van der Waals surface area (Å²) in [7, 11) is 0. The number of hydrogen-bond donors (Lipinski definition) is 1. The van der Waals surface area contributed by atoms with Gasteiger partial charge in [-0.2, -0.15) is 11.3 Å². The SMILES string of the molecule is C[C@@H](c1ccc(-c2ccsc2)cc1)N1CC[C@](CC(C)(C)O)(c2ccccc2)OC1=O. The second kappa shape index (κ2) is 8.48. The predicted octanol–water partition coefficient (Wildman–Crippen LogP) is 6.37. The number of benzene rings is 2. The van der Waals surface area contributed by atoms with Crippen LogP contribution in [0.25, 0.3) is 11.1 Å². The Bertz CT molecular complexity index is 1010. The highest BCUT2D eigenvalue weighted by molar-refractivity contribution is 7.08. The van der Waals surface area contributed by atoms with Crippen molar-refractivity contribution in [2.24, 2.45) is 0 Å². The van der Waals surface area contributed by atoms with Crippen LogP contribution in [-0.4, -0.2) is 28.2 Å². The van der Waals surface area contributed by atoms with Gasteiger partial charge >= 0.3 is 6.09 Å². The smallest absolute Gasteiger partial charge is 0.411 e. The molecular formula is C26H29NO3S. The number of carbonyl (C=O) groups is 1. The maximum Gasteiger partial charge on any atom is 0.411 e. The molecule has 3 aromatic rings. The topological polar surface area (TPSA) is 49.8 Å². The van der Waals surface area contributed by atoms with Crippen LogP contribution >= 0.6 is 11.3 Å². The minimum Gasteiger partial charge on any atom is -0.438 e. The Morgan fingerprint density at radius 1 is 1.10 bits per heavy atom. The van der Waals surface area contributed by atoms with Gasteiger partial charge in [0.05, 0.1) is 11.6 Å². The lowest BCUT2D eigenvalue weighted by Crippen LogP contribution is -2.51. The zero-order valence-corrected chi connectivity index (χ0v) is 19.1. The average molecular weight is 436 g/mol. The molecule has 0 aliphatic carbocycles. The summed E-state index contributed by atoms with van der Waals surface area (Å²) in [6.45, 7) is 6.12. The Kier molecular flexibility index (Phi) is 5.91. The van der Waals surface area contributed by atoms with Gasteiger partial charge in [-0.1, -0.05) is 54.6 Å². The van der Waals surface area contributed by atoms with Crippen molar-refractivity contribution in [1.82, 2.24) is 4.90 Å². The average Bonchev–Trinajstić information content (AvgIpc) is 3.28. The molecule has 5 heteroatoms. The van der Waals surface area contributed by atoms with E-state index >= 15 is 0 Å². The van der Waals surface area contributed by atoms with Gasteiger partial charge in [0, 0.05) is 19.4 Å². The summed E-state index contributed by atoms with van der Waals surface area (Å²) >= 11 is 1.68. The Hall–Kier alpha value is -2.63. The first-order valence-electron chi connectivity index (χ1n) is 10.7. The van der Waals surface area contributed by atoms with Crippen LogP contribution in [-0.2, 0) is 10.3 Å². The zero-order chi connectivity index (χ0) is 22.1. The van der Waals surface area contributed by atoms with Crippen molar-refractivity contribution >= 4 is 17.4 Å². The fourth-order valence-electron chi connectivity index (χ4n) is 4.45. The molecule has 2 atom stereocenters. The number of amides is 1. The van der Waals surface area contributed by atoms with Gasteiger partial charge < -0.3 is 14.7 Å². The molecule has 0 radical (unpaired) electrons. The van der Waals surface area contributed by atoms with Gasteiger partial charge in [-0.15, -0.1) is 0 Å². The van der Waals surface area contributed by atoms with Crippen molar-refractivity contribution in [3.05, 3.63) is 82.6 Å². The van der Waals surface area contributed by atoms with Crippen molar-refractivity contribution in [1.29, 1.82) is 0 Å². The predicted molar refractivity (Wildman–Crippen MR) is 125 cm³/mol. The van der Waals surface area contributed by atoms with E-state index in [1.54, 1.807) is 30.1 Å². The Balaban J connectivity index is 1.54. The molecule has 1 saturated heterocycles. The first-order chi connectivity index (χ1) is 14.8. The minimum atomic E-state index is -0.957. The van der Waals surface area contributed by atoms with Crippen molar-refractivity contribution in [2.45, 2.75) is 50.9 Å². The highest BCUT2D eigenvalue weighted by Gasteiger charge is 2.46. The molecule has 4 rings (SSSR count). The monoisotopic (exact) mass is 435 g/mol.